The summed E-state index contributed by atoms with van der Waals surface area (Å²) >= 11 is 0. The monoisotopic (exact) mass is 182 g/mol. The van der Waals surface area contributed by atoms with E-state index in [4.69, 9.17) is 5.73 Å². The van der Waals surface area contributed by atoms with E-state index in [1.807, 2.05) is 0 Å². The zero-order valence-corrected chi connectivity index (χ0v) is 7.09. The van der Waals surface area contributed by atoms with Gasteiger partial charge in [0.15, 0.2) is 0 Å². The van der Waals surface area contributed by atoms with Crippen molar-refractivity contribution in [2.75, 3.05) is 18.5 Å². The normalized spacial score (nSPS) is 9.62. The average Bonchev–Trinajstić information content (AvgIpc) is 2.15. The van der Waals surface area contributed by atoms with E-state index in [1.54, 1.807) is 24.3 Å². The molecule has 3 N–H and O–H groups in total. The molecule has 0 unspecified atom stereocenters. The summed E-state index contributed by atoms with van der Waals surface area (Å²) < 4.78 is 11.7. The lowest BCUT2D eigenvalue weighted by molar-refractivity contribution is 0.100. The van der Waals surface area contributed by atoms with Crippen LogP contribution in [0.4, 0.5) is 10.1 Å². The molecule has 0 aliphatic carbocycles. The topological polar surface area (TPSA) is 55.1 Å². The van der Waals surface area contributed by atoms with E-state index in [-0.39, 0.29) is 6.54 Å². The summed E-state index contributed by atoms with van der Waals surface area (Å²) in [6.45, 7) is -0.145. The Morgan fingerprint density at radius 1 is 1.38 bits per heavy atom. The Morgan fingerprint density at radius 2 is 2.00 bits per heavy atom. The fourth-order valence-electron chi connectivity index (χ4n) is 0.944. The maximum Gasteiger partial charge on any atom is 0.248 e. The van der Waals surface area contributed by atoms with E-state index in [0.717, 1.165) is 5.69 Å². The number of hydrogen-bond donors (Lipinski definition) is 2. The molecule has 0 fully saturated rings. The number of anilines is 1. The molecule has 1 aromatic rings. The molecule has 13 heavy (non-hydrogen) atoms. The largest absolute Gasteiger partial charge is 0.382 e. The van der Waals surface area contributed by atoms with Gasteiger partial charge in [-0.3, -0.25) is 4.79 Å². The quantitative estimate of drug-likeness (QED) is 0.734. The van der Waals surface area contributed by atoms with Crippen LogP contribution in [-0.2, 0) is 0 Å². The maximum absolute atomic E-state index is 11.7. The highest BCUT2D eigenvalue weighted by Gasteiger charge is 1.98. The predicted octanol–water partition coefficient (Wildman–Crippen LogP) is 1.17. The highest BCUT2D eigenvalue weighted by atomic mass is 19.1. The molecule has 0 aliphatic rings. The van der Waals surface area contributed by atoms with Gasteiger partial charge >= 0.3 is 0 Å². The number of carbonyl (C=O) groups excluding carboxylic acids is 1. The van der Waals surface area contributed by atoms with Crippen molar-refractivity contribution >= 4 is 11.6 Å². The number of primary amides is 1. The molecule has 0 spiro atoms. The fourth-order valence-corrected chi connectivity index (χ4v) is 0.944. The SMILES string of the molecule is NC(=O)c1ccc(NCCF)cc1. The number of carbonyl (C=O) groups is 1. The minimum absolute atomic E-state index is 0.274. The lowest BCUT2D eigenvalue weighted by Crippen LogP contribution is -2.10. The zero-order chi connectivity index (χ0) is 9.68. The first-order chi connectivity index (χ1) is 6.24. The van der Waals surface area contributed by atoms with E-state index in [2.05, 4.69) is 5.32 Å². The third-order valence-electron chi connectivity index (χ3n) is 1.59. The van der Waals surface area contributed by atoms with Crippen molar-refractivity contribution in [3.8, 4) is 0 Å². The van der Waals surface area contributed by atoms with Crippen LogP contribution in [0.2, 0.25) is 0 Å². The van der Waals surface area contributed by atoms with Crippen molar-refractivity contribution < 1.29 is 9.18 Å². The number of rotatable bonds is 4. The maximum atomic E-state index is 11.7. The summed E-state index contributed by atoms with van der Waals surface area (Å²) in [4.78, 5) is 10.7. The molecule has 0 saturated heterocycles. The molecule has 0 aromatic heterocycles. The van der Waals surface area contributed by atoms with Gasteiger partial charge in [0, 0.05) is 17.8 Å². The van der Waals surface area contributed by atoms with Gasteiger partial charge in [0.05, 0.1) is 0 Å². The molecule has 0 saturated carbocycles. The lowest BCUT2D eigenvalue weighted by atomic mass is 10.2. The average molecular weight is 182 g/mol. The Morgan fingerprint density at radius 3 is 2.46 bits per heavy atom. The van der Waals surface area contributed by atoms with E-state index >= 15 is 0 Å². The first kappa shape index (κ1) is 9.51. The highest BCUT2D eigenvalue weighted by Crippen LogP contribution is 2.08. The molecule has 1 amide bonds. The van der Waals surface area contributed by atoms with E-state index in [9.17, 15) is 9.18 Å². The van der Waals surface area contributed by atoms with Gasteiger partial charge < -0.3 is 11.1 Å². The van der Waals surface area contributed by atoms with Gasteiger partial charge in [-0.25, -0.2) is 4.39 Å². The van der Waals surface area contributed by atoms with Crippen molar-refractivity contribution in [2.24, 2.45) is 5.73 Å². The third kappa shape index (κ3) is 2.74. The van der Waals surface area contributed by atoms with E-state index < -0.39 is 12.6 Å². The van der Waals surface area contributed by atoms with Gasteiger partial charge in [-0.2, -0.15) is 0 Å². The first-order valence-electron chi connectivity index (χ1n) is 3.93. The number of hydrogen-bond acceptors (Lipinski definition) is 2. The molecule has 3 nitrogen and oxygen atoms in total. The number of nitrogens with one attached hydrogen (secondary N) is 1. The number of nitrogens with two attached hydrogens (primary N) is 1. The predicted molar refractivity (Wildman–Crippen MR) is 49.4 cm³/mol. The Hall–Kier alpha value is -1.58. The summed E-state index contributed by atoms with van der Waals surface area (Å²) in [6.07, 6.45) is 0. The number of benzene rings is 1. The Kier molecular flexibility index (Phi) is 3.25. The standard InChI is InChI=1S/C9H11FN2O/c10-5-6-12-8-3-1-7(2-4-8)9(11)13/h1-4,12H,5-6H2,(H2,11,13). The summed E-state index contributed by atoms with van der Waals surface area (Å²) in [5, 5.41) is 2.83. The number of alkyl halides is 1. The lowest BCUT2D eigenvalue weighted by Gasteiger charge is -2.03. The smallest absolute Gasteiger partial charge is 0.248 e. The molecular weight excluding hydrogens is 171 g/mol. The fraction of sp³-hybridized carbons (Fsp3) is 0.222. The van der Waals surface area contributed by atoms with Crippen molar-refractivity contribution in [1.82, 2.24) is 0 Å². The summed E-state index contributed by atoms with van der Waals surface area (Å²) in [7, 11) is 0. The van der Waals surface area contributed by atoms with E-state index in [1.165, 1.54) is 0 Å². The molecule has 0 aliphatic heterocycles. The van der Waals surface area contributed by atoms with Crippen LogP contribution in [0.15, 0.2) is 24.3 Å². The second-order valence-electron chi connectivity index (χ2n) is 2.56. The molecule has 1 aromatic carbocycles. The van der Waals surface area contributed by atoms with Crippen LogP contribution in [0.5, 0.6) is 0 Å². The third-order valence-corrected chi connectivity index (χ3v) is 1.59. The van der Waals surface area contributed by atoms with E-state index in [0.29, 0.717) is 5.56 Å². The molecule has 4 heteroatoms. The second-order valence-corrected chi connectivity index (χ2v) is 2.56. The second kappa shape index (κ2) is 4.45. The molecule has 0 bridgehead atoms. The van der Waals surface area contributed by atoms with Crippen LogP contribution < -0.4 is 11.1 Å². The number of amides is 1. The van der Waals surface area contributed by atoms with Crippen LogP contribution in [0.3, 0.4) is 0 Å². The van der Waals surface area contributed by atoms with Crippen LogP contribution in [0.1, 0.15) is 10.4 Å². The van der Waals surface area contributed by atoms with Crippen molar-refractivity contribution in [3.05, 3.63) is 29.8 Å². The molecule has 0 heterocycles. The Bertz CT molecular complexity index is 284. The Balaban J connectivity index is 2.64. The highest BCUT2D eigenvalue weighted by molar-refractivity contribution is 5.93. The summed E-state index contributed by atoms with van der Waals surface area (Å²) in [6, 6.07) is 6.58. The van der Waals surface area contributed by atoms with Gasteiger partial charge in [0.2, 0.25) is 5.91 Å². The van der Waals surface area contributed by atoms with Crippen molar-refractivity contribution in [2.45, 2.75) is 0 Å². The van der Waals surface area contributed by atoms with Gasteiger partial charge in [0.1, 0.15) is 6.67 Å². The zero-order valence-electron chi connectivity index (χ0n) is 7.09. The summed E-state index contributed by atoms with van der Waals surface area (Å²) in [5.74, 6) is -0.461. The van der Waals surface area contributed by atoms with Gasteiger partial charge in [-0.05, 0) is 24.3 Å². The van der Waals surface area contributed by atoms with Crippen LogP contribution in [0, 0.1) is 0 Å². The molecule has 0 atom stereocenters. The van der Waals surface area contributed by atoms with Crippen LogP contribution in [0.25, 0.3) is 0 Å². The molecule has 70 valence electrons. The Labute approximate surface area is 75.7 Å². The summed E-state index contributed by atoms with van der Waals surface area (Å²) in [5.41, 5.74) is 6.27. The molecule has 1 rings (SSSR count). The van der Waals surface area contributed by atoms with Crippen LogP contribution in [-0.4, -0.2) is 19.1 Å². The first-order valence-corrected chi connectivity index (χ1v) is 3.93. The minimum Gasteiger partial charge on any atom is -0.382 e. The minimum atomic E-state index is -0.461. The van der Waals surface area contributed by atoms with Gasteiger partial charge in [0.25, 0.3) is 0 Å². The number of halogens is 1. The van der Waals surface area contributed by atoms with Gasteiger partial charge in [-0.1, -0.05) is 0 Å². The van der Waals surface area contributed by atoms with Gasteiger partial charge in [-0.15, -0.1) is 0 Å². The van der Waals surface area contributed by atoms with Crippen molar-refractivity contribution in [3.63, 3.8) is 0 Å². The molecular formula is C9H11FN2O. The molecule has 0 radical (unpaired) electrons. The van der Waals surface area contributed by atoms with Crippen molar-refractivity contribution in [1.29, 1.82) is 0 Å². The van der Waals surface area contributed by atoms with Crippen LogP contribution >= 0.6 is 0 Å².